The van der Waals surface area contributed by atoms with Crippen LogP contribution in [0.3, 0.4) is 0 Å². The summed E-state index contributed by atoms with van der Waals surface area (Å²) in [5, 5.41) is 6.42. The SMILES string of the molecule is CCCC1CCC(=O)c2c(cccc2Nc2c(N[C@@H](c3ccc(C)o3)C(C)(C)C)c(=O)c2=O)C1. The van der Waals surface area contributed by atoms with Gasteiger partial charge in [0.05, 0.1) is 6.04 Å². The summed E-state index contributed by atoms with van der Waals surface area (Å²) in [5.74, 6) is 2.05. The zero-order valence-corrected chi connectivity index (χ0v) is 20.7. The molecule has 180 valence electrons. The first-order valence-electron chi connectivity index (χ1n) is 12.2. The van der Waals surface area contributed by atoms with E-state index in [0.717, 1.165) is 37.0 Å². The summed E-state index contributed by atoms with van der Waals surface area (Å²) in [7, 11) is 0. The third-order valence-corrected chi connectivity index (χ3v) is 6.79. The lowest BCUT2D eigenvalue weighted by Gasteiger charge is -2.31. The van der Waals surface area contributed by atoms with E-state index >= 15 is 0 Å². The van der Waals surface area contributed by atoms with Gasteiger partial charge in [-0.25, -0.2) is 0 Å². The molecule has 3 aromatic rings. The maximum Gasteiger partial charge on any atom is 0.253 e. The predicted octanol–water partition coefficient (Wildman–Crippen LogP) is 6.06. The molecule has 4 rings (SSSR count). The van der Waals surface area contributed by atoms with Crippen molar-refractivity contribution in [1.82, 2.24) is 0 Å². The smallest absolute Gasteiger partial charge is 0.253 e. The largest absolute Gasteiger partial charge is 0.464 e. The van der Waals surface area contributed by atoms with Gasteiger partial charge < -0.3 is 15.1 Å². The number of rotatable bonds is 7. The Morgan fingerprint density at radius 3 is 2.44 bits per heavy atom. The third-order valence-electron chi connectivity index (χ3n) is 6.79. The Bertz CT molecular complexity index is 1270. The van der Waals surface area contributed by atoms with Gasteiger partial charge in [0.1, 0.15) is 22.9 Å². The van der Waals surface area contributed by atoms with Gasteiger partial charge in [-0.2, -0.15) is 0 Å². The highest BCUT2D eigenvalue weighted by molar-refractivity contribution is 6.04. The van der Waals surface area contributed by atoms with Crippen molar-refractivity contribution in [1.29, 1.82) is 0 Å². The lowest BCUT2D eigenvalue weighted by molar-refractivity contribution is 0.0978. The number of furan rings is 1. The van der Waals surface area contributed by atoms with E-state index in [9.17, 15) is 14.4 Å². The maximum atomic E-state index is 13.1. The average molecular weight is 463 g/mol. The lowest BCUT2D eigenvalue weighted by atomic mass is 9.84. The molecule has 0 amide bonds. The average Bonchev–Trinajstić information content (AvgIpc) is 3.13. The van der Waals surface area contributed by atoms with Gasteiger partial charge in [-0.1, -0.05) is 52.7 Å². The van der Waals surface area contributed by atoms with E-state index < -0.39 is 10.9 Å². The van der Waals surface area contributed by atoms with Gasteiger partial charge >= 0.3 is 0 Å². The van der Waals surface area contributed by atoms with Gasteiger partial charge in [-0.05, 0) is 54.9 Å². The molecule has 0 aliphatic heterocycles. The molecule has 1 aliphatic rings. The molecule has 0 saturated heterocycles. The van der Waals surface area contributed by atoms with Crippen molar-refractivity contribution in [2.24, 2.45) is 11.3 Å². The second-order valence-electron chi connectivity index (χ2n) is 10.6. The number of anilines is 3. The molecule has 1 unspecified atom stereocenters. The van der Waals surface area contributed by atoms with Crippen LogP contribution in [0.15, 0.2) is 44.3 Å². The zero-order valence-electron chi connectivity index (χ0n) is 20.7. The van der Waals surface area contributed by atoms with Gasteiger partial charge in [-0.15, -0.1) is 0 Å². The van der Waals surface area contributed by atoms with E-state index in [4.69, 9.17) is 4.42 Å². The van der Waals surface area contributed by atoms with Crippen molar-refractivity contribution < 1.29 is 9.21 Å². The number of fused-ring (bicyclic) bond motifs is 1. The molecular weight excluding hydrogens is 428 g/mol. The minimum atomic E-state index is -0.576. The van der Waals surface area contributed by atoms with Crippen molar-refractivity contribution in [3.05, 3.63) is 73.4 Å². The summed E-state index contributed by atoms with van der Waals surface area (Å²) >= 11 is 0. The molecule has 0 saturated carbocycles. The van der Waals surface area contributed by atoms with Gasteiger partial charge in [0.25, 0.3) is 10.9 Å². The molecule has 34 heavy (non-hydrogen) atoms. The quantitative estimate of drug-likeness (QED) is 0.328. The minimum Gasteiger partial charge on any atom is -0.464 e. The number of carbonyl (C=O) groups excluding carboxylic acids is 1. The number of Topliss-reactive ketones (excluding diaryl/α,β-unsaturated/α-hetero) is 1. The predicted molar refractivity (Wildman–Crippen MR) is 136 cm³/mol. The second-order valence-corrected chi connectivity index (χ2v) is 10.6. The van der Waals surface area contributed by atoms with E-state index in [1.54, 1.807) is 0 Å². The Hall–Kier alpha value is -3.15. The van der Waals surface area contributed by atoms with Crippen molar-refractivity contribution in [3.63, 3.8) is 0 Å². The highest BCUT2D eigenvalue weighted by atomic mass is 16.3. The Morgan fingerprint density at radius 2 is 1.79 bits per heavy atom. The van der Waals surface area contributed by atoms with Crippen molar-refractivity contribution in [3.8, 4) is 0 Å². The van der Waals surface area contributed by atoms with Crippen LogP contribution in [0.4, 0.5) is 17.1 Å². The Balaban J connectivity index is 1.67. The van der Waals surface area contributed by atoms with Crippen molar-refractivity contribution >= 4 is 22.8 Å². The molecule has 1 aromatic heterocycles. The van der Waals surface area contributed by atoms with Crippen molar-refractivity contribution in [2.45, 2.75) is 72.8 Å². The van der Waals surface area contributed by atoms with Crippen LogP contribution < -0.4 is 21.5 Å². The van der Waals surface area contributed by atoms with Gasteiger partial charge in [0.15, 0.2) is 5.78 Å². The highest BCUT2D eigenvalue weighted by Crippen LogP contribution is 2.39. The normalized spacial score (nSPS) is 17.3. The van der Waals surface area contributed by atoms with Crippen LogP contribution in [0, 0.1) is 18.3 Å². The van der Waals surface area contributed by atoms with E-state index in [1.165, 1.54) is 0 Å². The number of carbonyl (C=O) groups is 1. The fraction of sp³-hybridized carbons (Fsp3) is 0.464. The topological polar surface area (TPSA) is 88.4 Å². The number of ketones is 1. The maximum absolute atomic E-state index is 13.1. The number of benzene rings is 1. The van der Waals surface area contributed by atoms with Crippen molar-refractivity contribution in [2.75, 3.05) is 10.6 Å². The number of aryl methyl sites for hydroxylation is 1. The standard InChI is InChI=1S/C28H34N2O4/c1-6-8-17-12-13-20(31)22-18(15-17)9-7-10-19(22)29-23-24(26(33)25(23)32)30-27(28(3,4)5)21-14-11-16(2)34-21/h7,9-11,14,17,27,29-30H,6,8,12-13,15H2,1-5H3/t17?,27-/m0/s1. The molecular formula is C28H34N2O4. The van der Waals surface area contributed by atoms with Crippen LogP contribution in [-0.4, -0.2) is 5.78 Å². The van der Waals surface area contributed by atoms with E-state index in [-0.39, 0.29) is 28.6 Å². The number of hydrogen-bond donors (Lipinski definition) is 2. The van der Waals surface area contributed by atoms with E-state index in [2.05, 4.69) is 17.6 Å². The highest BCUT2D eigenvalue weighted by Gasteiger charge is 2.33. The number of hydrogen-bond acceptors (Lipinski definition) is 6. The first kappa shape index (κ1) is 24.0. The van der Waals surface area contributed by atoms with Crippen LogP contribution in [0.5, 0.6) is 0 Å². The Labute approximate surface area is 200 Å². The summed E-state index contributed by atoms with van der Waals surface area (Å²) < 4.78 is 5.84. The first-order chi connectivity index (χ1) is 16.1. The van der Waals surface area contributed by atoms with Crippen LogP contribution >= 0.6 is 0 Å². The fourth-order valence-corrected chi connectivity index (χ4v) is 4.98. The van der Waals surface area contributed by atoms with Gasteiger partial charge in [0.2, 0.25) is 0 Å². The molecule has 6 nitrogen and oxygen atoms in total. The van der Waals surface area contributed by atoms with Gasteiger partial charge in [0, 0.05) is 17.7 Å². The molecule has 1 aliphatic carbocycles. The fourth-order valence-electron chi connectivity index (χ4n) is 4.98. The molecule has 0 bridgehead atoms. The molecule has 2 atom stereocenters. The van der Waals surface area contributed by atoms with E-state index in [1.807, 2.05) is 58.0 Å². The van der Waals surface area contributed by atoms with Crippen LogP contribution in [0.25, 0.3) is 0 Å². The molecule has 6 heteroatoms. The Morgan fingerprint density at radius 1 is 1.06 bits per heavy atom. The monoisotopic (exact) mass is 462 g/mol. The summed E-state index contributed by atoms with van der Waals surface area (Å²) in [6.07, 6.45) is 4.41. The number of nitrogens with one attached hydrogen (secondary N) is 2. The van der Waals surface area contributed by atoms with Crippen LogP contribution in [0.2, 0.25) is 0 Å². The molecule has 2 aromatic carbocycles. The third kappa shape index (κ3) is 4.59. The van der Waals surface area contributed by atoms with Crippen LogP contribution in [-0.2, 0) is 6.42 Å². The first-order valence-corrected chi connectivity index (χ1v) is 12.2. The second kappa shape index (κ2) is 9.24. The summed E-state index contributed by atoms with van der Waals surface area (Å²) in [6, 6.07) is 9.18. The lowest BCUT2D eigenvalue weighted by Crippen LogP contribution is -2.39. The molecule has 2 N–H and O–H groups in total. The summed E-state index contributed by atoms with van der Waals surface area (Å²) in [5.41, 5.74) is 1.28. The summed E-state index contributed by atoms with van der Waals surface area (Å²) in [4.78, 5) is 38.2. The summed E-state index contributed by atoms with van der Waals surface area (Å²) in [6.45, 7) is 10.2. The van der Waals surface area contributed by atoms with Gasteiger partial charge in [-0.3, -0.25) is 14.4 Å². The molecule has 1 heterocycles. The molecule has 0 fully saturated rings. The molecule has 0 spiro atoms. The molecule has 0 radical (unpaired) electrons. The van der Waals surface area contributed by atoms with Crippen LogP contribution in [0.1, 0.15) is 86.9 Å². The van der Waals surface area contributed by atoms with E-state index in [0.29, 0.717) is 29.3 Å². The minimum absolute atomic E-state index is 0.0866. The Kier molecular flexibility index (Phi) is 6.52. The zero-order chi connectivity index (χ0) is 24.6.